The molecule has 1 aliphatic rings. The van der Waals surface area contributed by atoms with E-state index in [0.717, 1.165) is 24.1 Å². The number of carbonyl (C=O) groups excluding carboxylic acids is 2. The molecule has 0 radical (unpaired) electrons. The fourth-order valence-electron chi connectivity index (χ4n) is 2.37. The molecule has 0 aromatic heterocycles. The quantitative estimate of drug-likeness (QED) is 0.816. The Kier molecular flexibility index (Phi) is 5.20. The number of fused-ring (bicyclic) bond motifs is 1. The molecule has 1 aliphatic heterocycles. The van der Waals surface area contributed by atoms with Crippen molar-refractivity contribution in [3.05, 3.63) is 29.8 Å². The van der Waals surface area contributed by atoms with Crippen molar-refractivity contribution in [1.82, 2.24) is 0 Å². The van der Waals surface area contributed by atoms with Gasteiger partial charge in [0, 0.05) is 5.69 Å². The van der Waals surface area contributed by atoms with Crippen molar-refractivity contribution in [2.45, 2.75) is 38.6 Å². The second kappa shape index (κ2) is 7.11. The standard InChI is InChI=1S/C16H21NO4/c1-3-9-20-15(18)13-11-7-5-6-8-12(11)17-14(13)16(19)21-10-4-2/h5-8,13-14,17H,3-4,9-10H2,1-2H3. The molecule has 2 unspecified atom stereocenters. The first kappa shape index (κ1) is 15.4. The van der Waals surface area contributed by atoms with Crippen LogP contribution in [0.3, 0.4) is 0 Å². The van der Waals surface area contributed by atoms with Gasteiger partial charge in [0.15, 0.2) is 0 Å². The Bertz CT molecular complexity index is 515. The maximum absolute atomic E-state index is 12.3. The summed E-state index contributed by atoms with van der Waals surface area (Å²) in [5.74, 6) is -1.43. The first-order chi connectivity index (χ1) is 10.2. The van der Waals surface area contributed by atoms with Crippen molar-refractivity contribution in [3.63, 3.8) is 0 Å². The summed E-state index contributed by atoms with van der Waals surface area (Å²) in [5, 5.41) is 3.08. The molecule has 0 saturated heterocycles. The molecule has 0 saturated carbocycles. The second-order valence-electron chi connectivity index (χ2n) is 5.02. The smallest absolute Gasteiger partial charge is 0.329 e. The Morgan fingerprint density at radius 1 is 1.05 bits per heavy atom. The van der Waals surface area contributed by atoms with Gasteiger partial charge >= 0.3 is 11.9 Å². The van der Waals surface area contributed by atoms with Crippen LogP contribution >= 0.6 is 0 Å². The molecule has 1 aromatic rings. The largest absolute Gasteiger partial charge is 0.465 e. The number of rotatable bonds is 6. The molecule has 0 fully saturated rings. The Morgan fingerprint density at radius 2 is 1.67 bits per heavy atom. The zero-order valence-corrected chi connectivity index (χ0v) is 12.4. The number of carbonyl (C=O) groups is 2. The third-order valence-corrected chi connectivity index (χ3v) is 3.34. The summed E-state index contributed by atoms with van der Waals surface area (Å²) in [4.78, 5) is 24.5. The van der Waals surface area contributed by atoms with Gasteiger partial charge in [-0.1, -0.05) is 32.0 Å². The minimum Gasteiger partial charge on any atom is -0.465 e. The first-order valence-electron chi connectivity index (χ1n) is 7.37. The lowest BCUT2D eigenvalue weighted by Gasteiger charge is -2.18. The lowest BCUT2D eigenvalue weighted by atomic mass is 9.95. The van der Waals surface area contributed by atoms with Gasteiger partial charge in [0.1, 0.15) is 12.0 Å². The number of nitrogens with one attached hydrogen (secondary N) is 1. The van der Waals surface area contributed by atoms with E-state index in [4.69, 9.17) is 9.47 Å². The molecule has 0 amide bonds. The predicted octanol–water partition coefficient (Wildman–Crippen LogP) is 2.47. The van der Waals surface area contributed by atoms with Crippen molar-refractivity contribution in [3.8, 4) is 0 Å². The topological polar surface area (TPSA) is 64.6 Å². The molecule has 21 heavy (non-hydrogen) atoms. The van der Waals surface area contributed by atoms with E-state index < -0.39 is 17.9 Å². The average molecular weight is 291 g/mol. The molecule has 0 aliphatic carbocycles. The molecule has 0 spiro atoms. The van der Waals surface area contributed by atoms with Crippen molar-refractivity contribution >= 4 is 17.6 Å². The predicted molar refractivity (Wildman–Crippen MR) is 79.1 cm³/mol. The van der Waals surface area contributed by atoms with Crippen LogP contribution in [-0.2, 0) is 19.1 Å². The van der Waals surface area contributed by atoms with Crippen LogP contribution in [0.1, 0.15) is 38.2 Å². The molecule has 5 heteroatoms. The number of anilines is 1. The number of esters is 2. The van der Waals surface area contributed by atoms with E-state index in [-0.39, 0.29) is 5.97 Å². The van der Waals surface area contributed by atoms with E-state index in [9.17, 15) is 9.59 Å². The molecule has 114 valence electrons. The average Bonchev–Trinajstić information content (AvgIpc) is 2.89. The third-order valence-electron chi connectivity index (χ3n) is 3.34. The molecule has 1 N–H and O–H groups in total. The first-order valence-corrected chi connectivity index (χ1v) is 7.37. The Hall–Kier alpha value is -2.04. The Balaban J connectivity index is 2.20. The number of ether oxygens (including phenoxy) is 2. The van der Waals surface area contributed by atoms with Gasteiger partial charge in [-0.3, -0.25) is 4.79 Å². The SMILES string of the molecule is CCCOC(=O)C1Nc2ccccc2C1C(=O)OCCC. The summed E-state index contributed by atoms with van der Waals surface area (Å²) in [5.41, 5.74) is 1.58. The number of para-hydroxylation sites is 1. The summed E-state index contributed by atoms with van der Waals surface area (Å²) >= 11 is 0. The second-order valence-corrected chi connectivity index (χ2v) is 5.02. The minimum atomic E-state index is -0.710. The molecule has 2 atom stereocenters. The normalized spacial score (nSPS) is 19.5. The number of hydrogen-bond donors (Lipinski definition) is 1. The number of hydrogen-bond acceptors (Lipinski definition) is 5. The van der Waals surface area contributed by atoms with Crippen LogP contribution in [0.15, 0.2) is 24.3 Å². The monoisotopic (exact) mass is 291 g/mol. The fraction of sp³-hybridized carbons (Fsp3) is 0.500. The van der Waals surface area contributed by atoms with Crippen LogP contribution in [0.5, 0.6) is 0 Å². The Labute approximate surface area is 124 Å². The fourth-order valence-corrected chi connectivity index (χ4v) is 2.37. The van der Waals surface area contributed by atoms with Crippen LogP contribution in [0.4, 0.5) is 5.69 Å². The molecule has 5 nitrogen and oxygen atoms in total. The Morgan fingerprint density at radius 3 is 2.33 bits per heavy atom. The van der Waals surface area contributed by atoms with Gasteiger partial charge in [-0.05, 0) is 24.5 Å². The summed E-state index contributed by atoms with van der Waals surface area (Å²) in [6, 6.07) is 6.69. The zero-order chi connectivity index (χ0) is 15.2. The highest BCUT2D eigenvalue weighted by Crippen LogP contribution is 2.37. The molecular weight excluding hydrogens is 270 g/mol. The van der Waals surface area contributed by atoms with E-state index in [1.54, 1.807) is 0 Å². The van der Waals surface area contributed by atoms with Crippen LogP contribution in [-0.4, -0.2) is 31.2 Å². The maximum Gasteiger partial charge on any atom is 0.329 e. The minimum absolute atomic E-state index is 0.351. The van der Waals surface area contributed by atoms with Crippen molar-refractivity contribution < 1.29 is 19.1 Å². The molecule has 1 heterocycles. The lowest BCUT2D eigenvalue weighted by Crippen LogP contribution is -2.37. The molecule has 0 bridgehead atoms. The van der Waals surface area contributed by atoms with Gasteiger partial charge in [-0.15, -0.1) is 0 Å². The van der Waals surface area contributed by atoms with E-state index in [1.165, 1.54) is 0 Å². The lowest BCUT2D eigenvalue weighted by molar-refractivity contribution is -0.152. The van der Waals surface area contributed by atoms with Crippen LogP contribution in [0.2, 0.25) is 0 Å². The van der Waals surface area contributed by atoms with Gasteiger partial charge in [-0.25, -0.2) is 4.79 Å². The van der Waals surface area contributed by atoms with Crippen LogP contribution < -0.4 is 5.32 Å². The highest BCUT2D eigenvalue weighted by Gasteiger charge is 2.43. The van der Waals surface area contributed by atoms with Crippen molar-refractivity contribution in [2.75, 3.05) is 18.5 Å². The zero-order valence-electron chi connectivity index (χ0n) is 12.4. The van der Waals surface area contributed by atoms with E-state index in [1.807, 2.05) is 38.1 Å². The van der Waals surface area contributed by atoms with Crippen molar-refractivity contribution in [2.24, 2.45) is 0 Å². The number of benzene rings is 1. The summed E-state index contributed by atoms with van der Waals surface area (Å²) in [6.07, 6.45) is 1.49. The maximum atomic E-state index is 12.3. The van der Waals surface area contributed by atoms with E-state index >= 15 is 0 Å². The van der Waals surface area contributed by atoms with E-state index in [2.05, 4.69) is 5.32 Å². The highest BCUT2D eigenvalue weighted by atomic mass is 16.5. The third kappa shape index (κ3) is 3.35. The summed E-state index contributed by atoms with van der Waals surface area (Å²) in [7, 11) is 0. The van der Waals surface area contributed by atoms with Crippen LogP contribution in [0.25, 0.3) is 0 Å². The van der Waals surface area contributed by atoms with Crippen molar-refractivity contribution in [1.29, 1.82) is 0 Å². The highest BCUT2D eigenvalue weighted by molar-refractivity contribution is 5.95. The van der Waals surface area contributed by atoms with Gasteiger partial charge in [-0.2, -0.15) is 0 Å². The summed E-state index contributed by atoms with van der Waals surface area (Å²) < 4.78 is 10.4. The van der Waals surface area contributed by atoms with Gasteiger partial charge in [0.2, 0.25) is 0 Å². The van der Waals surface area contributed by atoms with E-state index in [0.29, 0.717) is 13.2 Å². The summed E-state index contributed by atoms with van der Waals surface area (Å²) in [6.45, 7) is 4.57. The van der Waals surface area contributed by atoms with Gasteiger partial charge in [0.05, 0.1) is 13.2 Å². The van der Waals surface area contributed by atoms with Gasteiger partial charge < -0.3 is 14.8 Å². The van der Waals surface area contributed by atoms with Crippen LogP contribution in [0, 0.1) is 0 Å². The van der Waals surface area contributed by atoms with Gasteiger partial charge in [0.25, 0.3) is 0 Å². The molecule has 1 aromatic carbocycles. The molecular formula is C16H21NO4. The molecule has 2 rings (SSSR count).